The van der Waals surface area contributed by atoms with Gasteiger partial charge in [0.05, 0.1) is 19.3 Å². The summed E-state index contributed by atoms with van der Waals surface area (Å²) in [5.74, 6) is 1.62. The molecule has 0 amide bonds. The number of ether oxygens (including phenoxy) is 2. The molecule has 0 aliphatic heterocycles. The lowest BCUT2D eigenvalue weighted by molar-refractivity contribution is -0.0426. The van der Waals surface area contributed by atoms with Crippen molar-refractivity contribution >= 4 is 0 Å². The lowest BCUT2D eigenvalue weighted by Gasteiger charge is -2.36. The number of allylic oxidation sites excluding steroid dienone is 2. The largest absolute Gasteiger partial charge is 0.376 e. The second kappa shape index (κ2) is 9.85. The van der Waals surface area contributed by atoms with Gasteiger partial charge in [-0.3, -0.25) is 0 Å². The van der Waals surface area contributed by atoms with Crippen LogP contribution in [0, 0.1) is 11.8 Å². The van der Waals surface area contributed by atoms with Crippen molar-refractivity contribution in [3.05, 3.63) is 120 Å². The molecule has 0 bridgehead atoms. The SMILES string of the molecule is C1=CC[C@H]2CC(OCCOC(c3ccccc3)(c3ccccc3)c3ccccc3)C[C@H]2C1. The molecule has 0 spiro atoms. The van der Waals surface area contributed by atoms with Crippen molar-refractivity contribution < 1.29 is 9.47 Å². The molecule has 0 radical (unpaired) electrons. The lowest BCUT2D eigenvalue weighted by atomic mass is 9.80. The molecular formula is C30H32O2. The van der Waals surface area contributed by atoms with Crippen molar-refractivity contribution in [2.75, 3.05) is 13.2 Å². The highest BCUT2D eigenvalue weighted by Gasteiger charge is 2.38. The van der Waals surface area contributed by atoms with Gasteiger partial charge in [0, 0.05) is 0 Å². The molecule has 2 aliphatic carbocycles. The van der Waals surface area contributed by atoms with Crippen molar-refractivity contribution in [2.24, 2.45) is 11.8 Å². The lowest BCUT2D eigenvalue weighted by Crippen LogP contribution is -2.34. The molecule has 3 atom stereocenters. The summed E-state index contributed by atoms with van der Waals surface area (Å²) in [6.07, 6.45) is 9.89. The fourth-order valence-electron chi connectivity index (χ4n) is 5.59. The molecule has 5 rings (SSSR count). The third kappa shape index (κ3) is 4.30. The summed E-state index contributed by atoms with van der Waals surface area (Å²) >= 11 is 0. The second-order valence-electron chi connectivity index (χ2n) is 9.05. The molecule has 0 N–H and O–H groups in total. The van der Waals surface area contributed by atoms with Crippen molar-refractivity contribution in [3.63, 3.8) is 0 Å². The van der Waals surface area contributed by atoms with E-state index in [4.69, 9.17) is 9.47 Å². The molecule has 164 valence electrons. The molecule has 0 saturated heterocycles. The first-order chi connectivity index (χ1) is 15.9. The summed E-state index contributed by atoms with van der Waals surface area (Å²) in [5, 5.41) is 0. The minimum Gasteiger partial charge on any atom is -0.376 e. The zero-order chi connectivity index (χ0) is 21.6. The van der Waals surface area contributed by atoms with Crippen LogP contribution in [0.25, 0.3) is 0 Å². The van der Waals surface area contributed by atoms with Gasteiger partial charge in [-0.1, -0.05) is 103 Å². The third-order valence-corrected chi connectivity index (χ3v) is 7.14. The van der Waals surface area contributed by atoms with Gasteiger partial charge in [-0.2, -0.15) is 0 Å². The third-order valence-electron chi connectivity index (χ3n) is 7.14. The Balaban J connectivity index is 1.37. The second-order valence-corrected chi connectivity index (χ2v) is 9.05. The van der Waals surface area contributed by atoms with E-state index in [1.165, 1.54) is 25.7 Å². The average Bonchev–Trinajstić information content (AvgIpc) is 3.29. The summed E-state index contributed by atoms with van der Waals surface area (Å²) in [4.78, 5) is 0. The van der Waals surface area contributed by atoms with Crippen LogP contribution in [0.1, 0.15) is 42.4 Å². The zero-order valence-corrected chi connectivity index (χ0v) is 18.6. The molecule has 2 nitrogen and oxygen atoms in total. The fourth-order valence-corrected chi connectivity index (χ4v) is 5.59. The van der Waals surface area contributed by atoms with Gasteiger partial charge in [-0.25, -0.2) is 0 Å². The molecule has 0 heterocycles. The first kappa shape index (κ1) is 21.2. The molecule has 2 heteroatoms. The Hall–Kier alpha value is -2.68. The average molecular weight is 425 g/mol. The van der Waals surface area contributed by atoms with Crippen LogP contribution in [0.4, 0.5) is 0 Å². The predicted molar refractivity (Wildman–Crippen MR) is 129 cm³/mol. The Bertz CT molecular complexity index is 884. The molecule has 2 aliphatic rings. The molecule has 3 aromatic rings. The van der Waals surface area contributed by atoms with Crippen molar-refractivity contribution in [1.82, 2.24) is 0 Å². The van der Waals surface area contributed by atoms with Crippen LogP contribution in [0.3, 0.4) is 0 Å². The van der Waals surface area contributed by atoms with Gasteiger partial charge in [0.2, 0.25) is 0 Å². The van der Waals surface area contributed by atoms with Gasteiger partial charge in [0.15, 0.2) is 0 Å². The van der Waals surface area contributed by atoms with E-state index in [2.05, 4.69) is 103 Å². The first-order valence-corrected chi connectivity index (χ1v) is 11.9. The van der Waals surface area contributed by atoms with Crippen LogP contribution < -0.4 is 0 Å². The first-order valence-electron chi connectivity index (χ1n) is 11.9. The summed E-state index contributed by atoms with van der Waals surface area (Å²) in [6.45, 7) is 1.16. The molecule has 32 heavy (non-hydrogen) atoms. The van der Waals surface area contributed by atoms with E-state index in [1.54, 1.807) is 0 Å². The Morgan fingerprint density at radius 3 is 1.47 bits per heavy atom. The molecule has 1 saturated carbocycles. The Labute approximate surface area is 191 Å². The van der Waals surface area contributed by atoms with Crippen LogP contribution in [0.15, 0.2) is 103 Å². The fraction of sp³-hybridized carbons (Fsp3) is 0.333. The van der Waals surface area contributed by atoms with Crippen LogP contribution in [-0.2, 0) is 15.1 Å². The van der Waals surface area contributed by atoms with Gasteiger partial charge in [-0.05, 0) is 54.2 Å². The van der Waals surface area contributed by atoms with Crippen LogP contribution in [0.5, 0.6) is 0 Å². The van der Waals surface area contributed by atoms with Crippen LogP contribution >= 0.6 is 0 Å². The minimum atomic E-state index is -0.666. The van der Waals surface area contributed by atoms with E-state index in [0.29, 0.717) is 19.3 Å². The highest BCUT2D eigenvalue weighted by Crippen LogP contribution is 2.42. The van der Waals surface area contributed by atoms with E-state index < -0.39 is 5.60 Å². The molecular weight excluding hydrogens is 392 g/mol. The van der Waals surface area contributed by atoms with Gasteiger partial charge in [-0.15, -0.1) is 0 Å². The Morgan fingerprint density at radius 1 is 0.594 bits per heavy atom. The van der Waals surface area contributed by atoms with E-state index >= 15 is 0 Å². The summed E-state index contributed by atoms with van der Waals surface area (Å²) < 4.78 is 13.2. The van der Waals surface area contributed by atoms with E-state index in [0.717, 1.165) is 28.5 Å². The molecule has 3 aromatic carbocycles. The molecule has 1 fully saturated rings. The molecule has 1 unspecified atom stereocenters. The number of rotatable bonds is 8. The summed E-state index contributed by atoms with van der Waals surface area (Å²) in [6, 6.07) is 31.7. The zero-order valence-electron chi connectivity index (χ0n) is 18.6. The molecule has 0 aromatic heterocycles. The quantitative estimate of drug-likeness (QED) is 0.226. The highest BCUT2D eigenvalue weighted by molar-refractivity contribution is 5.47. The smallest absolute Gasteiger partial charge is 0.143 e. The maximum atomic E-state index is 6.83. The van der Waals surface area contributed by atoms with Gasteiger partial charge in [0.1, 0.15) is 5.60 Å². The number of hydrogen-bond acceptors (Lipinski definition) is 2. The van der Waals surface area contributed by atoms with Crippen molar-refractivity contribution in [2.45, 2.75) is 37.4 Å². The number of hydrogen-bond donors (Lipinski definition) is 0. The van der Waals surface area contributed by atoms with Crippen molar-refractivity contribution in [3.8, 4) is 0 Å². The predicted octanol–water partition coefficient (Wildman–Crippen LogP) is 6.76. The topological polar surface area (TPSA) is 18.5 Å². The maximum Gasteiger partial charge on any atom is 0.143 e. The van der Waals surface area contributed by atoms with E-state index in [-0.39, 0.29) is 0 Å². The van der Waals surface area contributed by atoms with Gasteiger partial charge >= 0.3 is 0 Å². The normalized spacial score (nSPS) is 22.6. The summed E-state index contributed by atoms with van der Waals surface area (Å²) in [7, 11) is 0. The van der Waals surface area contributed by atoms with E-state index in [9.17, 15) is 0 Å². The number of benzene rings is 3. The van der Waals surface area contributed by atoms with Crippen LogP contribution in [-0.4, -0.2) is 19.3 Å². The van der Waals surface area contributed by atoms with Gasteiger partial charge < -0.3 is 9.47 Å². The highest BCUT2D eigenvalue weighted by atomic mass is 16.5. The minimum absolute atomic E-state index is 0.369. The maximum absolute atomic E-state index is 6.83. The number of fused-ring (bicyclic) bond motifs is 1. The van der Waals surface area contributed by atoms with Crippen molar-refractivity contribution in [1.29, 1.82) is 0 Å². The standard InChI is InChI=1S/C30H32O2/c1-4-14-26(15-5-1)30(27-16-6-2-7-17-27,28-18-8-3-9-19-28)32-21-20-31-29-22-24-12-10-11-13-25(24)23-29/h1-11,14-19,24-25,29H,12-13,20-23H2/t24-,25+,29?. The summed E-state index contributed by atoms with van der Waals surface area (Å²) in [5.41, 5.74) is 2.74. The van der Waals surface area contributed by atoms with Crippen LogP contribution in [0.2, 0.25) is 0 Å². The Morgan fingerprint density at radius 2 is 1.03 bits per heavy atom. The van der Waals surface area contributed by atoms with E-state index in [1.807, 2.05) is 0 Å². The van der Waals surface area contributed by atoms with Gasteiger partial charge in [0.25, 0.3) is 0 Å². The Kier molecular flexibility index (Phi) is 6.52. The monoisotopic (exact) mass is 424 g/mol.